The molecule has 0 unspecified atom stereocenters. The van der Waals surface area contributed by atoms with Crippen molar-refractivity contribution in [1.29, 1.82) is 0 Å². The van der Waals surface area contributed by atoms with Crippen molar-refractivity contribution in [2.24, 2.45) is 0 Å². The predicted molar refractivity (Wildman–Crippen MR) is 93.6 cm³/mol. The van der Waals surface area contributed by atoms with Crippen molar-refractivity contribution in [3.8, 4) is 0 Å². The Balaban J connectivity index is 1.91. The van der Waals surface area contributed by atoms with Crippen LogP contribution in [0.4, 0.5) is 11.4 Å². The number of carbonyl (C=O) groups excluding carboxylic acids is 2. The summed E-state index contributed by atoms with van der Waals surface area (Å²) in [6.07, 6.45) is 1.13. The van der Waals surface area contributed by atoms with Crippen molar-refractivity contribution in [1.82, 2.24) is 0 Å². The molecule has 2 rings (SSSR count). The first kappa shape index (κ1) is 16.7. The lowest BCUT2D eigenvalue weighted by Gasteiger charge is -2.08. The number of carbonyl (C=O) groups is 2. The number of nitrogens with one attached hydrogen (secondary N) is 2. The van der Waals surface area contributed by atoms with Crippen LogP contribution in [0, 0.1) is 13.8 Å². The van der Waals surface area contributed by atoms with Gasteiger partial charge in [0, 0.05) is 24.7 Å². The first-order valence-electron chi connectivity index (χ1n) is 7.67. The molecule has 0 heterocycles. The molecule has 0 atom stereocenters. The molecule has 0 saturated heterocycles. The van der Waals surface area contributed by atoms with E-state index in [1.807, 2.05) is 0 Å². The quantitative estimate of drug-likeness (QED) is 0.881. The normalized spacial score (nSPS) is 10.2. The summed E-state index contributed by atoms with van der Waals surface area (Å²) in [4.78, 5) is 23.1. The lowest BCUT2D eigenvalue weighted by atomic mass is 10.0. The molecule has 2 aromatic carbocycles. The number of amides is 2. The fourth-order valence-electron chi connectivity index (χ4n) is 2.32. The van der Waals surface area contributed by atoms with Crippen molar-refractivity contribution in [3.63, 3.8) is 0 Å². The van der Waals surface area contributed by atoms with Gasteiger partial charge in [-0.1, -0.05) is 24.3 Å². The highest BCUT2D eigenvalue weighted by atomic mass is 16.2. The standard InChI is InChI=1S/C19H22N2O2/c1-13-7-8-16(11-14(13)2)9-10-19(23)21-18-6-4-5-17(12-18)20-15(3)22/h4-8,11-12H,9-10H2,1-3H3,(H,20,22)(H,21,23). The van der Waals surface area contributed by atoms with E-state index in [-0.39, 0.29) is 11.8 Å². The zero-order valence-corrected chi connectivity index (χ0v) is 13.8. The highest BCUT2D eigenvalue weighted by Gasteiger charge is 2.05. The third kappa shape index (κ3) is 5.25. The van der Waals surface area contributed by atoms with Gasteiger partial charge < -0.3 is 10.6 Å². The molecule has 0 saturated carbocycles. The summed E-state index contributed by atoms with van der Waals surface area (Å²) in [7, 11) is 0. The van der Waals surface area contributed by atoms with Gasteiger partial charge in [0.2, 0.25) is 11.8 Å². The van der Waals surface area contributed by atoms with Gasteiger partial charge in [0.25, 0.3) is 0 Å². The number of anilines is 2. The van der Waals surface area contributed by atoms with E-state index in [1.54, 1.807) is 24.3 Å². The van der Waals surface area contributed by atoms with Crippen molar-refractivity contribution in [2.75, 3.05) is 10.6 Å². The maximum atomic E-state index is 12.1. The van der Waals surface area contributed by atoms with E-state index >= 15 is 0 Å². The summed E-state index contributed by atoms with van der Waals surface area (Å²) in [6.45, 7) is 5.61. The first-order valence-corrected chi connectivity index (χ1v) is 7.67. The molecular weight excluding hydrogens is 288 g/mol. The highest BCUT2D eigenvalue weighted by Crippen LogP contribution is 2.16. The van der Waals surface area contributed by atoms with E-state index in [4.69, 9.17) is 0 Å². The number of hydrogen-bond donors (Lipinski definition) is 2. The minimum atomic E-state index is -0.136. The van der Waals surface area contributed by atoms with Gasteiger partial charge in [-0.2, -0.15) is 0 Å². The zero-order valence-electron chi connectivity index (χ0n) is 13.8. The maximum Gasteiger partial charge on any atom is 0.224 e. The van der Waals surface area contributed by atoms with E-state index in [0.717, 1.165) is 5.56 Å². The Kier molecular flexibility index (Phi) is 5.52. The van der Waals surface area contributed by atoms with Crippen LogP contribution in [0.3, 0.4) is 0 Å². The highest BCUT2D eigenvalue weighted by molar-refractivity contribution is 5.93. The van der Waals surface area contributed by atoms with Crippen molar-refractivity contribution in [3.05, 3.63) is 59.2 Å². The topological polar surface area (TPSA) is 58.2 Å². The van der Waals surface area contributed by atoms with Gasteiger partial charge >= 0.3 is 0 Å². The summed E-state index contributed by atoms with van der Waals surface area (Å²) in [5, 5.41) is 5.56. The lowest BCUT2D eigenvalue weighted by Crippen LogP contribution is -2.13. The minimum absolute atomic E-state index is 0.0387. The molecule has 0 aromatic heterocycles. The van der Waals surface area contributed by atoms with Crippen LogP contribution in [-0.2, 0) is 16.0 Å². The molecule has 0 aliphatic carbocycles. The summed E-state index contributed by atoms with van der Waals surface area (Å²) in [6, 6.07) is 13.4. The van der Waals surface area contributed by atoms with Gasteiger partial charge in [-0.05, 0) is 55.2 Å². The number of hydrogen-bond acceptors (Lipinski definition) is 2. The van der Waals surface area contributed by atoms with E-state index < -0.39 is 0 Å². The van der Waals surface area contributed by atoms with Gasteiger partial charge in [0.05, 0.1) is 0 Å². The minimum Gasteiger partial charge on any atom is -0.326 e. The van der Waals surface area contributed by atoms with Gasteiger partial charge in [0.1, 0.15) is 0 Å². The molecule has 0 aliphatic heterocycles. The van der Waals surface area contributed by atoms with Crippen LogP contribution in [-0.4, -0.2) is 11.8 Å². The smallest absolute Gasteiger partial charge is 0.224 e. The molecule has 4 nitrogen and oxygen atoms in total. The van der Waals surface area contributed by atoms with Crippen molar-refractivity contribution < 1.29 is 9.59 Å². The van der Waals surface area contributed by atoms with Crippen LogP contribution in [0.1, 0.15) is 30.0 Å². The molecule has 0 fully saturated rings. The molecule has 4 heteroatoms. The maximum absolute atomic E-state index is 12.1. The molecule has 0 spiro atoms. The van der Waals surface area contributed by atoms with E-state index in [1.165, 1.54) is 18.1 Å². The van der Waals surface area contributed by atoms with Crippen LogP contribution < -0.4 is 10.6 Å². The van der Waals surface area contributed by atoms with Gasteiger partial charge in [0.15, 0.2) is 0 Å². The second-order valence-electron chi connectivity index (χ2n) is 5.73. The Labute approximate surface area is 136 Å². The van der Waals surface area contributed by atoms with Crippen molar-refractivity contribution >= 4 is 23.2 Å². The average Bonchev–Trinajstić information content (AvgIpc) is 2.48. The molecule has 2 amide bonds. The monoisotopic (exact) mass is 310 g/mol. The third-order valence-corrected chi connectivity index (χ3v) is 3.68. The number of rotatable bonds is 5. The van der Waals surface area contributed by atoms with Gasteiger partial charge in [-0.15, -0.1) is 0 Å². The molecule has 0 aliphatic rings. The molecule has 0 radical (unpaired) electrons. The molecular formula is C19H22N2O2. The predicted octanol–water partition coefficient (Wildman–Crippen LogP) is 3.83. The Morgan fingerprint density at radius 2 is 1.61 bits per heavy atom. The van der Waals surface area contributed by atoms with E-state index in [9.17, 15) is 9.59 Å². The average molecular weight is 310 g/mol. The lowest BCUT2D eigenvalue weighted by molar-refractivity contribution is -0.116. The first-order chi connectivity index (χ1) is 10.9. The number of aryl methyl sites for hydroxylation is 3. The molecule has 2 N–H and O–H groups in total. The summed E-state index contributed by atoms with van der Waals surface area (Å²) >= 11 is 0. The SMILES string of the molecule is CC(=O)Nc1cccc(NC(=O)CCc2ccc(C)c(C)c2)c1. The summed E-state index contributed by atoms with van der Waals surface area (Å²) < 4.78 is 0. The molecule has 2 aromatic rings. The van der Waals surface area contributed by atoms with Crippen LogP contribution in [0.15, 0.2) is 42.5 Å². The van der Waals surface area contributed by atoms with Crippen LogP contribution >= 0.6 is 0 Å². The van der Waals surface area contributed by atoms with E-state index in [2.05, 4.69) is 42.7 Å². The Morgan fingerprint density at radius 3 is 2.26 bits per heavy atom. The summed E-state index contributed by atoms with van der Waals surface area (Å²) in [5.41, 5.74) is 5.01. The Morgan fingerprint density at radius 1 is 0.913 bits per heavy atom. The van der Waals surface area contributed by atoms with Gasteiger partial charge in [-0.3, -0.25) is 9.59 Å². The molecule has 0 bridgehead atoms. The Bertz CT molecular complexity index is 723. The fourth-order valence-corrected chi connectivity index (χ4v) is 2.32. The fraction of sp³-hybridized carbons (Fsp3) is 0.263. The number of benzene rings is 2. The Hall–Kier alpha value is -2.62. The largest absolute Gasteiger partial charge is 0.326 e. The molecule has 23 heavy (non-hydrogen) atoms. The zero-order chi connectivity index (χ0) is 16.8. The van der Waals surface area contributed by atoms with E-state index in [0.29, 0.717) is 24.2 Å². The third-order valence-electron chi connectivity index (χ3n) is 3.68. The van der Waals surface area contributed by atoms with Crippen LogP contribution in [0.25, 0.3) is 0 Å². The van der Waals surface area contributed by atoms with Crippen molar-refractivity contribution in [2.45, 2.75) is 33.6 Å². The second-order valence-corrected chi connectivity index (χ2v) is 5.73. The van der Waals surface area contributed by atoms with Gasteiger partial charge in [-0.25, -0.2) is 0 Å². The molecule has 120 valence electrons. The second kappa shape index (κ2) is 7.58. The summed E-state index contributed by atoms with van der Waals surface area (Å²) in [5.74, 6) is -0.175. The van der Waals surface area contributed by atoms with Crippen LogP contribution in [0.2, 0.25) is 0 Å². The van der Waals surface area contributed by atoms with Crippen LogP contribution in [0.5, 0.6) is 0 Å².